The highest BCUT2D eigenvalue weighted by molar-refractivity contribution is 7.92. The van der Waals surface area contributed by atoms with E-state index < -0.39 is 10.0 Å². The molecule has 0 saturated carbocycles. The van der Waals surface area contributed by atoms with Gasteiger partial charge in [-0.15, -0.1) is 0 Å². The summed E-state index contributed by atoms with van der Waals surface area (Å²) in [6.07, 6.45) is 2.85. The van der Waals surface area contributed by atoms with Crippen LogP contribution in [-0.2, 0) is 10.0 Å². The van der Waals surface area contributed by atoms with Gasteiger partial charge in [0.2, 0.25) is 10.0 Å². The fourth-order valence-corrected chi connectivity index (χ4v) is 3.00. The van der Waals surface area contributed by atoms with Gasteiger partial charge in [0.25, 0.3) is 0 Å². The summed E-state index contributed by atoms with van der Waals surface area (Å²) in [4.78, 5) is 4.02. The Morgan fingerprint density at radius 3 is 2.59 bits per heavy atom. The van der Waals surface area contributed by atoms with Crippen molar-refractivity contribution in [3.8, 4) is 0 Å². The lowest BCUT2D eigenvalue weighted by Crippen LogP contribution is -2.17. The second-order valence-electron chi connectivity index (χ2n) is 4.81. The molecule has 0 radical (unpaired) electrons. The molecule has 0 bridgehead atoms. The van der Waals surface area contributed by atoms with E-state index >= 15 is 0 Å². The Morgan fingerprint density at radius 2 is 1.95 bits per heavy atom. The molecule has 2 N–H and O–H groups in total. The molecule has 0 unspecified atom stereocenters. The number of para-hydroxylation sites is 1. The van der Waals surface area contributed by atoms with E-state index in [1.165, 1.54) is 18.3 Å². The summed E-state index contributed by atoms with van der Waals surface area (Å²) in [6, 6.07) is 9.45. The Morgan fingerprint density at radius 1 is 1.18 bits per heavy atom. The largest absolute Gasteiger partial charge is 0.352 e. The molecule has 2 aromatic rings. The number of benzene rings is 1. The van der Waals surface area contributed by atoms with E-state index in [1.807, 2.05) is 6.92 Å². The Hall–Kier alpha value is -2.15. The van der Waals surface area contributed by atoms with E-state index in [4.69, 9.17) is 0 Å². The molecule has 0 spiro atoms. The lowest BCUT2D eigenvalue weighted by atomic mass is 10.3. The van der Waals surface area contributed by atoms with Gasteiger partial charge in [0.1, 0.15) is 11.6 Å². The number of aromatic nitrogens is 1. The third kappa shape index (κ3) is 4.70. The average molecular weight is 323 g/mol. The summed E-state index contributed by atoms with van der Waals surface area (Å²) in [7, 11) is -3.37. The molecule has 0 fully saturated rings. The molecule has 0 atom stereocenters. The van der Waals surface area contributed by atoms with E-state index in [1.54, 1.807) is 24.3 Å². The molecular weight excluding hydrogens is 305 g/mol. The molecule has 0 amide bonds. The SMILES string of the molecule is CCCCS(=O)(=O)Nc1ccc(Nc2ccccc2F)cn1. The molecule has 7 heteroatoms. The van der Waals surface area contributed by atoms with Gasteiger partial charge in [-0.1, -0.05) is 25.5 Å². The van der Waals surface area contributed by atoms with Crippen molar-refractivity contribution >= 4 is 27.2 Å². The first-order valence-corrected chi connectivity index (χ1v) is 8.63. The van der Waals surface area contributed by atoms with Gasteiger partial charge in [0.15, 0.2) is 0 Å². The monoisotopic (exact) mass is 323 g/mol. The summed E-state index contributed by atoms with van der Waals surface area (Å²) in [5.41, 5.74) is 0.905. The smallest absolute Gasteiger partial charge is 0.233 e. The van der Waals surface area contributed by atoms with Crippen molar-refractivity contribution in [3.63, 3.8) is 0 Å². The van der Waals surface area contributed by atoms with Gasteiger partial charge in [0.05, 0.1) is 23.3 Å². The Balaban J connectivity index is 2.03. The number of anilines is 3. The number of hydrogen-bond donors (Lipinski definition) is 2. The van der Waals surface area contributed by atoms with Crippen molar-refractivity contribution in [3.05, 3.63) is 48.4 Å². The first-order valence-electron chi connectivity index (χ1n) is 6.98. The quantitative estimate of drug-likeness (QED) is 0.818. The van der Waals surface area contributed by atoms with E-state index in [0.29, 0.717) is 17.8 Å². The zero-order valence-electron chi connectivity index (χ0n) is 12.2. The second kappa shape index (κ2) is 7.22. The molecule has 1 heterocycles. The fourth-order valence-electron chi connectivity index (χ4n) is 1.79. The van der Waals surface area contributed by atoms with Gasteiger partial charge < -0.3 is 5.32 Å². The lowest BCUT2D eigenvalue weighted by molar-refractivity contribution is 0.597. The van der Waals surface area contributed by atoms with Crippen LogP contribution in [0.1, 0.15) is 19.8 Å². The summed E-state index contributed by atoms with van der Waals surface area (Å²) in [6.45, 7) is 1.93. The molecular formula is C15H18FN3O2S. The zero-order chi connectivity index (χ0) is 16.0. The van der Waals surface area contributed by atoms with Crippen LogP contribution in [0.2, 0.25) is 0 Å². The fraction of sp³-hybridized carbons (Fsp3) is 0.267. The van der Waals surface area contributed by atoms with Gasteiger partial charge in [-0.2, -0.15) is 0 Å². The maximum atomic E-state index is 13.5. The number of sulfonamides is 1. The van der Waals surface area contributed by atoms with E-state index in [2.05, 4.69) is 15.0 Å². The van der Waals surface area contributed by atoms with E-state index in [-0.39, 0.29) is 17.4 Å². The van der Waals surface area contributed by atoms with E-state index in [0.717, 1.165) is 6.42 Å². The molecule has 0 aliphatic heterocycles. The van der Waals surface area contributed by atoms with Gasteiger partial charge in [-0.25, -0.2) is 17.8 Å². The van der Waals surface area contributed by atoms with Crippen LogP contribution < -0.4 is 10.0 Å². The van der Waals surface area contributed by atoms with Crippen molar-refractivity contribution in [2.24, 2.45) is 0 Å². The normalized spacial score (nSPS) is 11.2. The summed E-state index contributed by atoms with van der Waals surface area (Å²) >= 11 is 0. The molecule has 118 valence electrons. The van der Waals surface area contributed by atoms with Gasteiger partial charge in [-0.05, 0) is 30.7 Å². The summed E-state index contributed by atoms with van der Waals surface area (Å²) in [5.74, 6) is -0.0533. The summed E-state index contributed by atoms with van der Waals surface area (Å²) < 4.78 is 39.5. The van der Waals surface area contributed by atoms with Gasteiger partial charge in [-0.3, -0.25) is 4.72 Å². The standard InChI is InChI=1S/C15H18FN3O2S/c1-2-3-10-22(20,21)19-15-9-8-12(11-17-15)18-14-7-5-4-6-13(14)16/h4-9,11,18H,2-3,10H2,1H3,(H,17,19). The highest BCUT2D eigenvalue weighted by atomic mass is 32.2. The molecule has 0 saturated heterocycles. The van der Waals surface area contributed by atoms with E-state index in [9.17, 15) is 12.8 Å². The topological polar surface area (TPSA) is 71.1 Å². The van der Waals surface area contributed by atoms with Crippen LogP contribution in [0.3, 0.4) is 0 Å². The Bertz CT molecular complexity index is 718. The molecule has 0 aliphatic carbocycles. The van der Waals surface area contributed by atoms with Crippen LogP contribution in [0.4, 0.5) is 21.6 Å². The van der Waals surface area contributed by atoms with Crippen LogP contribution >= 0.6 is 0 Å². The number of nitrogens with one attached hydrogen (secondary N) is 2. The number of hydrogen-bond acceptors (Lipinski definition) is 4. The van der Waals surface area contributed by atoms with Gasteiger partial charge in [0, 0.05) is 0 Å². The van der Waals surface area contributed by atoms with Crippen LogP contribution in [0.15, 0.2) is 42.6 Å². The first-order chi connectivity index (χ1) is 10.5. The third-order valence-electron chi connectivity index (χ3n) is 2.94. The number of halogens is 1. The molecule has 5 nitrogen and oxygen atoms in total. The molecule has 2 rings (SSSR count). The molecule has 0 aliphatic rings. The highest BCUT2D eigenvalue weighted by Gasteiger charge is 2.10. The minimum Gasteiger partial charge on any atom is -0.352 e. The number of rotatable bonds is 7. The first kappa shape index (κ1) is 16.2. The van der Waals surface area contributed by atoms with Crippen LogP contribution in [-0.4, -0.2) is 19.2 Å². The minimum absolute atomic E-state index is 0.0698. The Kier molecular flexibility index (Phi) is 5.32. The predicted octanol–water partition coefficient (Wildman–Crippen LogP) is 3.51. The predicted molar refractivity (Wildman–Crippen MR) is 86.2 cm³/mol. The molecule has 22 heavy (non-hydrogen) atoms. The zero-order valence-corrected chi connectivity index (χ0v) is 13.0. The highest BCUT2D eigenvalue weighted by Crippen LogP contribution is 2.20. The second-order valence-corrected chi connectivity index (χ2v) is 6.65. The lowest BCUT2D eigenvalue weighted by Gasteiger charge is -2.09. The molecule has 1 aromatic heterocycles. The van der Waals surface area contributed by atoms with Crippen LogP contribution in [0.5, 0.6) is 0 Å². The van der Waals surface area contributed by atoms with Crippen molar-refractivity contribution in [1.29, 1.82) is 0 Å². The van der Waals surface area contributed by atoms with Crippen LogP contribution in [0, 0.1) is 5.82 Å². The number of nitrogens with zero attached hydrogens (tertiary/aromatic N) is 1. The number of pyridine rings is 1. The van der Waals surface area contributed by atoms with Crippen molar-refractivity contribution in [2.75, 3.05) is 15.8 Å². The molecule has 1 aromatic carbocycles. The average Bonchev–Trinajstić information content (AvgIpc) is 2.49. The van der Waals surface area contributed by atoms with Crippen molar-refractivity contribution in [2.45, 2.75) is 19.8 Å². The summed E-state index contributed by atoms with van der Waals surface area (Å²) in [5, 5.41) is 2.88. The third-order valence-corrected chi connectivity index (χ3v) is 4.29. The van der Waals surface area contributed by atoms with Crippen molar-refractivity contribution < 1.29 is 12.8 Å². The maximum Gasteiger partial charge on any atom is 0.233 e. The number of unbranched alkanes of at least 4 members (excludes halogenated alkanes) is 1. The van der Waals surface area contributed by atoms with Gasteiger partial charge >= 0.3 is 0 Å². The Labute approximate surface area is 129 Å². The van der Waals surface area contributed by atoms with Crippen LogP contribution in [0.25, 0.3) is 0 Å². The van der Waals surface area contributed by atoms with Crippen molar-refractivity contribution in [1.82, 2.24) is 4.98 Å². The minimum atomic E-state index is -3.37. The maximum absolute atomic E-state index is 13.5.